The van der Waals surface area contributed by atoms with Gasteiger partial charge in [0.1, 0.15) is 5.69 Å². The van der Waals surface area contributed by atoms with E-state index in [1.54, 1.807) is 0 Å². The van der Waals surface area contributed by atoms with Crippen molar-refractivity contribution in [1.29, 1.82) is 0 Å². The zero-order valence-corrected chi connectivity index (χ0v) is 11.4. The van der Waals surface area contributed by atoms with E-state index in [0.717, 1.165) is 12.3 Å². The van der Waals surface area contributed by atoms with Crippen LogP contribution in [-0.4, -0.2) is 22.8 Å². The molecule has 0 spiro atoms. The average Bonchev–Trinajstić information content (AvgIpc) is 2.30. The van der Waals surface area contributed by atoms with Gasteiger partial charge in [-0.25, -0.2) is 4.98 Å². The van der Waals surface area contributed by atoms with Crippen molar-refractivity contribution < 1.29 is 26.7 Å². The second-order valence-corrected chi connectivity index (χ2v) is 5.34. The molecule has 0 amide bonds. The van der Waals surface area contributed by atoms with Crippen LogP contribution in [-0.2, 0) is 5.92 Å². The molecular weight excluding hydrogens is 295 g/mol. The zero-order valence-electron chi connectivity index (χ0n) is 11.4. The summed E-state index contributed by atoms with van der Waals surface area (Å²) in [5.41, 5.74) is -2.24. The molecule has 1 aromatic rings. The van der Waals surface area contributed by atoms with Crippen molar-refractivity contribution >= 4 is 0 Å². The first kappa shape index (κ1) is 15.9. The number of hydrogen-bond donors (Lipinski definition) is 0. The van der Waals surface area contributed by atoms with Crippen molar-refractivity contribution in [1.82, 2.24) is 9.97 Å². The Kier molecular flexibility index (Phi) is 4.08. The number of alkyl halides is 5. The lowest BCUT2D eigenvalue weighted by molar-refractivity contribution is -0.254. The van der Waals surface area contributed by atoms with Crippen LogP contribution >= 0.6 is 0 Å². The molecule has 21 heavy (non-hydrogen) atoms. The van der Waals surface area contributed by atoms with E-state index in [2.05, 4.69) is 9.97 Å². The molecule has 0 unspecified atom stereocenters. The Balaban J connectivity index is 1.95. The molecule has 0 bridgehead atoms. The summed E-state index contributed by atoms with van der Waals surface area (Å²) < 4.78 is 69.9. The first-order valence-electron chi connectivity index (χ1n) is 6.55. The Morgan fingerprint density at radius 1 is 1.24 bits per heavy atom. The second-order valence-electron chi connectivity index (χ2n) is 5.34. The quantitative estimate of drug-likeness (QED) is 0.768. The van der Waals surface area contributed by atoms with E-state index in [4.69, 9.17) is 4.74 Å². The van der Waals surface area contributed by atoms with Crippen LogP contribution in [0, 0.1) is 5.41 Å². The minimum absolute atomic E-state index is 0.0772. The van der Waals surface area contributed by atoms with Crippen LogP contribution in [0.1, 0.15) is 38.3 Å². The van der Waals surface area contributed by atoms with Gasteiger partial charge in [0.2, 0.25) is 0 Å². The molecule has 8 heteroatoms. The normalized spacial score (nSPS) is 18.2. The molecule has 1 aliphatic rings. The fraction of sp³-hybridized carbons (Fsp3) is 0.692. The van der Waals surface area contributed by atoms with Crippen LogP contribution in [0.2, 0.25) is 0 Å². The van der Waals surface area contributed by atoms with Crippen molar-refractivity contribution in [2.75, 3.05) is 6.61 Å². The van der Waals surface area contributed by atoms with Gasteiger partial charge < -0.3 is 4.74 Å². The molecule has 1 fully saturated rings. The molecule has 3 nitrogen and oxygen atoms in total. The van der Waals surface area contributed by atoms with Gasteiger partial charge in [0.15, 0.2) is 0 Å². The lowest BCUT2D eigenvalue weighted by Gasteiger charge is -2.43. The van der Waals surface area contributed by atoms with Gasteiger partial charge in [-0.1, -0.05) is 6.42 Å². The summed E-state index contributed by atoms with van der Waals surface area (Å²) in [5, 5.41) is 0. The van der Waals surface area contributed by atoms with Crippen LogP contribution in [0.4, 0.5) is 22.0 Å². The molecule has 0 radical (unpaired) electrons. The summed E-state index contributed by atoms with van der Waals surface area (Å²) in [4.78, 5) is 7.14. The predicted molar refractivity (Wildman–Crippen MR) is 64.1 cm³/mol. The fourth-order valence-corrected chi connectivity index (χ4v) is 2.27. The van der Waals surface area contributed by atoms with Crippen LogP contribution in [0.5, 0.6) is 6.01 Å². The maximum atomic E-state index is 13.1. The van der Waals surface area contributed by atoms with Crippen LogP contribution in [0.25, 0.3) is 0 Å². The molecule has 0 N–H and O–H groups in total. The van der Waals surface area contributed by atoms with E-state index in [0.29, 0.717) is 13.3 Å². The van der Waals surface area contributed by atoms with Crippen molar-refractivity contribution in [3.63, 3.8) is 0 Å². The fourth-order valence-electron chi connectivity index (χ4n) is 2.27. The zero-order chi connectivity index (χ0) is 15.7. The number of hydrogen-bond acceptors (Lipinski definition) is 3. The van der Waals surface area contributed by atoms with Crippen molar-refractivity contribution in [2.45, 2.75) is 44.7 Å². The maximum absolute atomic E-state index is 13.1. The molecule has 0 saturated heterocycles. The highest BCUT2D eigenvalue weighted by Gasteiger charge is 2.57. The summed E-state index contributed by atoms with van der Waals surface area (Å²) in [6.45, 7) is 0.421. The first-order chi connectivity index (χ1) is 9.64. The highest BCUT2D eigenvalue weighted by Crippen LogP contribution is 2.55. The largest absolute Gasteiger partial charge is 0.463 e. The van der Waals surface area contributed by atoms with E-state index in [9.17, 15) is 22.0 Å². The SMILES string of the molecule is CC(F)(F)c1ccnc(OCCC2(C(F)(F)F)CCC2)n1. The van der Waals surface area contributed by atoms with E-state index in [-0.39, 0.29) is 31.9 Å². The lowest BCUT2D eigenvalue weighted by atomic mass is 9.66. The lowest BCUT2D eigenvalue weighted by Crippen LogP contribution is -2.44. The van der Waals surface area contributed by atoms with Crippen LogP contribution in [0.15, 0.2) is 12.3 Å². The summed E-state index contributed by atoms with van der Waals surface area (Å²) in [5.74, 6) is -3.15. The number of ether oxygens (including phenoxy) is 1. The third-order valence-electron chi connectivity index (χ3n) is 3.81. The Morgan fingerprint density at radius 3 is 2.38 bits per heavy atom. The van der Waals surface area contributed by atoms with Crippen molar-refractivity contribution in [3.05, 3.63) is 18.0 Å². The summed E-state index contributed by atoms with van der Waals surface area (Å²) >= 11 is 0. The Hall–Kier alpha value is -1.47. The van der Waals surface area contributed by atoms with E-state index in [1.807, 2.05) is 0 Å². The third kappa shape index (κ3) is 3.41. The van der Waals surface area contributed by atoms with E-state index in [1.165, 1.54) is 0 Å². The average molecular weight is 310 g/mol. The van der Waals surface area contributed by atoms with Gasteiger partial charge in [0, 0.05) is 13.1 Å². The minimum atomic E-state index is -4.27. The number of rotatable bonds is 5. The van der Waals surface area contributed by atoms with E-state index >= 15 is 0 Å². The van der Waals surface area contributed by atoms with E-state index < -0.39 is 23.2 Å². The molecule has 1 aliphatic carbocycles. The summed E-state index contributed by atoms with van der Waals surface area (Å²) in [6.07, 6.45) is -2.70. The van der Waals surface area contributed by atoms with Crippen molar-refractivity contribution in [3.8, 4) is 6.01 Å². The molecular formula is C13H15F5N2O. The first-order valence-corrected chi connectivity index (χ1v) is 6.55. The predicted octanol–water partition coefficient (Wildman–Crippen LogP) is 4.09. The maximum Gasteiger partial charge on any atom is 0.394 e. The molecule has 0 aromatic carbocycles. The van der Waals surface area contributed by atoms with Gasteiger partial charge in [-0.3, -0.25) is 0 Å². The number of halogens is 5. The Labute approximate surface area is 118 Å². The van der Waals surface area contributed by atoms with Gasteiger partial charge >= 0.3 is 12.2 Å². The monoisotopic (exact) mass is 310 g/mol. The van der Waals surface area contributed by atoms with Gasteiger partial charge in [0.25, 0.3) is 5.92 Å². The highest BCUT2D eigenvalue weighted by molar-refractivity contribution is 5.10. The van der Waals surface area contributed by atoms with Gasteiger partial charge in [-0.15, -0.1) is 0 Å². The van der Waals surface area contributed by atoms with Gasteiger partial charge in [-0.05, 0) is 25.3 Å². The Bertz CT molecular complexity index is 494. The summed E-state index contributed by atoms with van der Waals surface area (Å²) in [7, 11) is 0. The second kappa shape index (κ2) is 5.38. The molecule has 1 heterocycles. The summed E-state index contributed by atoms with van der Waals surface area (Å²) in [6, 6.07) is 0.710. The number of aromatic nitrogens is 2. The molecule has 1 aromatic heterocycles. The molecule has 2 rings (SSSR count). The standard InChI is InChI=1S/C13H15F5N2O/c1-11(14,15)9-3-7-19-10(20-9)21-8-6-12(4-2-5-12)13(16,17)18/h3,7H,2,4-6,8H2,1H3. The third-order valence-corrected chi connectivity index (χ3v) is 3.81. The van der Waals surface area contributed by atoms with Gasteiger partial charge in [-0.2, -0.15) is 26.9 Å². The topological polar surface area (TPSA) is 35.0 Å². The van der Waals surface area contributed by atoms with Gasteiger partial charge in [0.05, 0.1) is 12.0 Å². The molecule has 0 aliphatic heterocycles. The molecule has 0 atom stereocenters. The highest BCUT2D eigenvalue weighted by atomic mass is 19.4. The van der Waals surface area contributed by atoms with Crippen LogP contribution < -0.4 is 4.74 Å². The van der Waals surface area contributed by atoms with Crippen molar-refractivity contribution in [2.24, 2.45) is 5.41 Å². The minimum Gasteiger partial charge on any atom is -0.463 e. The Morgan fingerprint density at radius 2 is 1.90 bits per heavy atom. The van der Waals surface area contributed by atoms with Crippen LogP contribution in [0.3, 0.4) is 0 Å². The smallest absolute Gasteiger partial charge is 0.394 e. The molecule has 118 valence electrons. The molecule has 1 saturated carbocycles. The number of nitrogens with zero attached hydrogens (tertiary/aromatic N) is 2.